The van der Waals surface area contributed by atoms with Crippen molar-refractivity contribution in [3.8, 4) is 0 Å². The molecule has 2 heterocycles. The van der Waals surface area contributed by atoms with Gasteiger partial charge >= 0.3 is 6.03 Å². The van der Waals surface area contributed by atoms with E-state index in [1.807, 2.05) is 115 Å². The van der Waals surface area contributed by atoms with E-state index in [2.05, 4.69) is 11.4 Å². The summed E-state index contributed by atoms with van der Waals surface area (Å²) in [6.07, 6.45) is 0.691. The van der Waals surface area contributed by atoms with Crippen molar-refractivity contribution >= 4 is 23.5 Å². The summed E-state index contributed by atoms with van der Waals surface area (Å²) in [5.41, 5.74) is 4.06. The number of anilines is 1. The summed E-state index contributed by atoms with van der Waals surface area (Å²) in [5, 5.41) is 6.55. The molecule has 0 saturated carbocycles. The Morgan fingerprint density at radius 3 is 2.24 bits per heavy atom. The van der Waals surface area contributed by atoms with E-state index in [1.54, 1.807) is 9.91 Å². The lowest BCUT2D eigenvalue weighted by atomic mass is 10.00. The Kier molecular flexibility index (Phi) is 9.07. The number of hydrogen-bond donors (Lipinski definition) is 1. The number of benzene rings is 3. The van der Waals surface area contributed by atoms with Gasteiger partial charge in [0, 0.05) is 45.8 Å². The zero-order valence-electron chi connectivity index (χ0n) is 24.6. The number of nitrogens with one attached hydrogen (secondary N) is 1. The van der Waals surface area contributed by atoms with Gasteiger partial charge in [-0.05, 0) is 35.2 Å². The second kappa shape index (κ2) is 13.1. The van der Waals surface area contributed by atoms with Crippen molar-refractivity contribution in [2.45, 2.75) is 45.1 Å². The number of piperazine rings is 1. The molecule has 1 N–H and O–H groups in total. The van der Waals surface area contributed by atoms with E-state index in [9.17, 15) is 14.4 Å². The summed E-state index contributed by atoms with van der Waals surface area (Å²) in [6, 6.07) is 26.8. The molecule has 2 aliphatic rings. The molecule has 220 valence electrons. The molecular formula is C33H40N6O3. The monoisotopic (exact) mass is 568 g/mol. The Hall–Kier alpha value is -4.37. The minimum Gasteiger partial charge on any atom is -0.378 e. The van der Waals surface area contributed by atoms with Gasteiger partial charge in [0.25, 0.3) is 0 Å². The number of fused-ring (bicyclic) bond motifs is 1. The van der Waals surface area contributed by atoms with Crippen LogP contribution in [0.5, 0.6) is 0 Å². The smallest absolute Gasteiger partial charge is 0.332 e. The molecule has 0 radical (unpaired) electrons. The fourth-order valence-corrected chi connectivity index (χ4v) is 5.80. The molecule has 5 rings (SSSR count). The topological polar surface area (TPSA) is 79.4 Å². The first-order valence-corrected chi connectivity index (χ1v) is 14.6. The molecule has 42 heavy (non-hydrogen) atoms. The van der Waals surface area contributed by atoms with E-state index in [0.29, 0.717) is 32.6 Å². The molecular weight excluding hydrogens is 528 g/mol. The molecule has 0 aliphatic carbocycles. The number of hydrazine groups is 1. The highest BCUT2D eigenvalue weighted by molar-refractivity contribution is 5.91. The number of urea groups is 1. The molecule has 0 spiro atoms. The lowest BCUT2D eigenvalue weighted by Crippen LogP contribution is -2.66. The zero-order chi connectivity index (χ0) is 29.6. The van der Waals surface area contributed by atoms with Crippen molar-refractivity contribution in [3.05, 3.63) is 102 Å². The van der Waals surface area contributed by atoms with Crippen molar-refractivity contribution in [1.29, 1.82) is 0 Å². The predicted octanol–water partition coefficient (Wildman–Crippen LogP) is 3.71. The Morgan fingerprint density at radius 1 is 0.905 bits per heavy atom. The number of amides is 4. The summed E-state index contributed by atoms with van der Waals surface area (Å²) in [6.45, 7) is 3.64. The van der Waals surface area contributed by atoms with Gasteiger partial charge in [0.15, 0.2) is 0 Å². The van der Waals surface area contributed by atoms with Gasteiger partial charge in [-0.2, -0.15) is 5.01 Å². The Bertz CT molecular complexity index is 1380. The van der Waals surface area contributed by atoms with Crippen molar-refractivity contribution in [2.24, 2.45) is 0 Å². The molecule has 2 aliphatic heterocycles. The minimum absolute atomic E-state index is 0.0476. The second-order valence-electron chi connectivity index (χ2n) is 11.1. The Morgan fingerprint density at radius 2 is 1.57 bits per heavy atom. The van der Waals surface area contributed by atoms with Gasteiger partial charge in [0.1, 0.15) is 12.2 Å². The summed E-state index contributed by atoms with van der Waals surface area (Å²) in [5.74, 6) is -0.211. The maximum absolute atomic E-state index is 14.0. The molecule has 9 heteroatoms. The molecule has 4 amide bonds. The number of nitrogens with zero attached hydrogens (tertiary/aromatic N) is 5. The fraction of sp³-hybridized carbons (Fsp3) is 0.364. The van der Waals surface area contributed by atoms with Gasteiger partial charge in [-0.25, -0.2) is 4.79 Å². The minimum atomic E-state index is -0.656. The van der Waals surface area contributed by atoms with Crippen molar-refractivity contribution < 1.29 is 14.4 Å². The normalized spacial score (nSPS) is 18.6. The van der Waals surface area contributed by atoms with Crippen molar-refractivity contribution in [3.63, 3.8) is 0 Å². The number of hydrogen-bond acceptors (Lipinski definition) is 5. The lowest BCUT2D eigenvalue weighted by molar-refractivity contribution is -0.157. The van der Waals surface area contributed by atoms with Crippen LogP contribution >= 0.6 is 0 Å². The maximum Gasteiger partial charge on any atom is 0.332 e. The molecule has 0 bridgehead atoms. The molecule has 2 fully saturated rings. The van der Waals surface area contributed by atoms with E-state index < -0.39 is 12.2 Å². The first-order valence-electron chi connectivity index (χ1n) is 14.6. The fourth-order valence-electron chi connectivity index (χ4n) is 5.80. The lowest BCUT2D eigenvalue weighted by Gasteiger charge is -2.46. The summed E-state index contributed by atoms with van der Waals surface area (Å²) < 4.78 is 0. The molecule has 2 atom stereocenters. The van der Waals surface area contributed by atoms with E-state index in [4.69, 9.17) is 0 Å². The standard InChI is InChI=1S/C33H40N6O3/c1-4-18-37(33(42)34-21-26-14-9-6-10-15-26)38-24-31(40)39-29(20-25-12-7-5-8-13-25)32(41)36(23-30(38)39)22-27-16-11-17-28(19-27)35(2)3/h5-17,19,29-30H,4,18,20-24H2,1-3H3,(H,34,42)/t29-,30+/m0/s1. The summed E-state index contributed by atoms with van der Waals surface area (Å²) in [7, 11) is 3.98. The first-order chi connectivity index (χ1) is 20.4. The van der Waals surface area contributed by atoms with Crippen molar-refractivity contribution in [2.75, 3.05) is 38.6 Å². The quantitative estimate of drug-likeness (QED) is 0.404. The van der Waals surface area contributed by atoms with E-state index in [-0.39, 0.29) is 24.4 Å². The average molecular weight is 569 g/mol. The molecule has 0 unspecified atom stereocenters. The maximum atomic E-state index is 14.0. The Balaban J connectivity index is 1.43. The summed E-state index contributed by atoms with van der Waals surface area (Å²) >= 11 is 0. The van der Waals surface area contributed by atoms with Gasteiger partial charge in [-0.15, -0.1) is 0 Å². The molecule has 3 aromatic carbocycles. The van der Waals surface area contributed by atoms with Crippen LogP contribution in [0.25, 0.3) is 0 Å². The van der Waals surface area contributed by atoms with Crippen LogP contribution in [-0.2, 0) is 29.1 Å². The van der Waals surface area contributed by atoms with E-state index in [1.165, 1.54) is 0 Å². The first kappa shape index (κ1) is 29.1. The average Bonchev–Trinajstić information content (AvgIpc) is 3.33. The third kappa shape index (κ3) is 6.41. The van der Waals surface area contributed by atoms with Crippen LogP contribution < -0.4 is 10.2 Å². The second-order valence-corrected chi connectivity index (χ2v) is 11.1. The molecule has 0 aromatic heterocycles. The van der Waals surface area contributed by atoms with Crippen LogP contribution in [0.1, 0.15) is 30.0 Å². The highest BCUT2D eigenvalue weighted by Crippen LogP contribution is 2.30. The number of rotatable bonds is 10. The molecule has 9 nitrogen and oxygen atoms in total. The zero-order valence-corrected chi connectivity index (χ0v) is 24.6. The van der Waals surface area contributed by atoms with Crippen LogP contribution in [0, 0.1) is 0 Å². The SMILES string of the molecule is CCCN(C(=O)NCc1ccccc1)N1CC(=O)N2[C@@H](Cc3ccccc3)C(=O)N(Cc3cccc(N(C)C)c3)C[C@@H]21. The van der Waals surface area contributed by atoms with Crippen molar-refractivity contribution in [1.82, 2.24) is 25.1 Å². The van der Waals surface area contributed by atoms with E-state index in [0.717, 1.165) is 28.8 Å². The van der Waals surface area contributed by atoms with Gasteiger partial charge in [-0.1, -0.05) is 79.7 Å². The van der Waals surface area contributed by atoms with Gasteiger partial charge < -0.3 is 20.0 Å². The van der Waals surface area contributed by atoms with Crippen LogP contribution in [0.3, 0.4) is 0 Å². The number of carbonyl (C=O) groups is 3. The molecule has 3 aromatic rings. The third-order valence-corrected chi connectivity index (χ3v) is 7.91. The van der Waals surface area contributed by atoms with Gasteiger partial charge in [0.05, 0.1) is 13.1 Å². The highest BCUT2D eigenvalue weighted by atomic mass is 16.2. The highest BCUT2D eigenvalue weighted by Gasteiger charge is 2.52. The van der Waals surface area contributed by atoms with Crippen LogP contribution in [0.15, 0.2) is 84.9 Å². The van der Waals surface area contributed by atoms with Crippen LogP contribution in [0.2, 0.25) is 0 Å². The van der Waals surface area contributed by atoms with E-state index >= 15 is 0 Å². The van der Waals surface area contributed by atoms with Crippen LogP contribution in [-0.4, -0.2) is 83.6 Å². The van der Waals surface area contributed by atoms with Gasteiger partial charge in [-0.3, -0.25) is 14.6 Å². The van der Waals surface area contributed by atoms with Crippen LogP contribution in [0.4, 0.5) is 10.5 Å². The largest absolute Gasteiger partial charge is 0.378 e. The molecule has 2 saturated heterocycles. The summed E-state index contributed by atoms with van der Waals surface area (Å²) in [4.78, 5) is 46.8. The number of carbonyl (C=O) groups excluding carboxylic acids is 3. The predicted molar refractivity (Wildman–Crippen MR) is 163 cm³/mol. The third-order valence-electron chi connectivity index (χ3n) is 7.91. The Labute approximate surface area is 248 Å². The van der Waals surface area contributed by atoms with Gasteiger partial charge in [0.2, 0.25) is 11.8 Å².